The molecule has 0 bridgehead atoms. The average molecular weight is 254 g/mol. The first kappa shape index (κ1) is 17.3. The predicted octanol–water partition coefficient (Wildman–Crippen LogP) is 4.27. The fourth-order valence-electron chi connectivity index (χ4n) is 2.87. The summed E-state index contributed by atoms with van der Waals surface area (Å²) >= 11 is 0. The van der Waals surface area contributed by atoms with Crippen LogP contribution in [-0.4, -0.2) is 12.6 Å². The minimum atomic E-state index is -0.127. The summed E-state index contributed by atoms with van der Waals surface area (Å²) in [5.74, 6) is 1.08. The fourth-order valence-corrected chi connectivity index (χ4v) is 2.87. The molecule has 0 amide bonds. The van der Waals surface area contributed by atoms with E-state index < -0.39 is 0 Å². The topological polar surface area (TPSA) is 34.1 Å². The molecule has 0 aromatic heterocycles. The zero-order valence-corrected chi connectivity index (χ0v) is 12.7. The maximum absolute atomic E-state index is 11.3. The normalized spacial score (nSPS) is 19.6. The van der Waals surface area contributed by atoms with Crippen molar-refractivity contribution in [3.05, 3.63) is 0 Å². The molecule has 0 aliphatic heterocycles. The molecule has 0 saturated heterocycles. The van der Waals surface area contributed by atoms with Crippen molar-refractivity contribution in [1.29, 1.82) is 0 Å². The molecular weight excluding hydrogens is 224 g/mol. The Morgan fingerprint density at radius 3 is 1.72 bits per heavy atom. The van der Waals surface area contributed by atoms with Gasteiger partial charge in [-0.1, -0.05) is 47.5 Å². The van der Waals surface area contributed by atoms with Crippen molar-refractivity contribution in [2.45, 2.75) is 66.7 Å². The lowest BCUT2D eigenvalue weighted by Gasteiger charge is -2.38. The number of hydrogen-bond acceptors (Lipinski definition) is 2. The van der Waals surface area contributed by atoms with E-state index in [1.165, 1.54) is 0 Å². The second-order valence-electron chi connectivity index (χ2n) is 6.23. The lowest BCUT2D eigenvalue weighted by Crippen LogP contribution is -2.33. The van der Waals surface area contributed by atoms with Crippen molar-refractivity contribution in [1.82, 2.24) is 0 Å². The fraction of sp³-hybridized carbons (Fsp3) is 0.875. The highest BCUT2D eigenvalue weighted by Crippen LogP contribution is 2.42. The van der Waals surface area contributed by atoms with Gasteiger partial charge in [-0.05, 0) is 30.1 Å². The maximum Gasteiger partial charge on any atom is 0.124 e. The van der Waals surface area contributed by atoms with E-state index in [1.54, 1.807) is 0 Å². The lowest BCUT2D eigenvalue weighted by atomic mass is 9.66. The first-order chi connectivity index (χ1) is 8.43. The molecule has 0 saturated carbocycles. The van der Waals surface area contributed by atoms with Crippen LogP contribution in [0.4, 0.5) is 0 Å². The van der Waals surface area contributed by atoms with E-state index in [4.69, 9.17) is 0 Å². The summed E-state index contributed by atoms with van der Waals surface area (Å²) in [7, 11) is 0. The highest BCUT2D eigenvalue weighted by Gasteiger charge is 2.35. The van der Waals surface area contributed by atoms with Gasteiger partial charge in [0.25, 0.3) is 0 Å². The second kappa shape index (κ2) is 8.44. The Morgan fingerprint density at radius 1 is 1.00 bits per heavy atom. The maximum atomic E-state index is 11.3. The molecule has 18 heavy (non-hydrogen) atoms. The van der Waals surface area contributed by atoms with Crippen LogP contribution in [-0.2, 0) is 9.59 Å². The Kier molecular flexibility index (Phi) is 8.13. The first-order valence-corrected chi connectivity index (χ1v) is 7.32. The van der Waals surface area contributed by atoms with Crippen LogP contribution in [0.25, 0.3) is 0 Å². The smallest absolute Gasteiger partial charge is 0.124 e. The van der Waals surface area contributed by atoms with E-state index in [0.29, 0.717) is 18.3 Å². The Balaban J connectivity index is 4.96. The van der Waals surface area contributed by atoms with Gasteiger partial charge in [-0.2, -0.15) is 0 Å². The van der Waals surface area contributed by atoms with E-state index in [1.807, 2.05) is 0 Å². The van der Waals surface area contributed by atoms with Crippen LogP contribution in [0, 0.1) is 23.2 Å². The van der Waals surface area contributed by atoms with Crippen LogP contribution in [0.15, 0.2) is 0 Å². The van der Waals surface area contributed by atoms with E-state index in [0.717, 1.165) is 38.3 Å². The van der Waals surface area contributed by atoms with Crippen LogP contribution in [0.1, 0.15) is 66.7 Å². The van der Waals surface area contributed by atoms with E-state index in [-0.39, 0.29) is 11.3 Å². The van der Waals surface area contributed by atoms with Crippen molar-refractivity contribution in [3.63, 3.8) is 0 Å². The molecule has 0 fully saturated rings. The number of carbonyl (C=O) groups is 2. The van der Waals surface area contributed by atoms with Gasteiger partial charge in [0.15, 0.2) is 0 Å². The third kappa shape index (κ3) is 5.32. The summed E-state index contributed by atoms with van der Waals surface area (Å²) in [6.45, 7) is 11.0. The number of rotatable bonds is 10. The van der Waals surface area contributed by atoms with Gasteiger partial charge in [-0.25, -0.2) is 0 Å². The van der Waals surface area contributed by atoms with Gasteiger partial charge in [0.05, 0.1) is 0 Å². The summed E-state index contributed by atoms with van der Waals surface area (Å²) in [6, 6.07) is 0. The summed E-state index contributed by atoms with van der Waals surface area (Å²) in [4.78, 5) is 22.1. The molecule has 0 aliphatic carbocycles. The minimum absolute atomic E-state index is 0.0342. The summed E-state index contributed by atoms with van der Waals surface area (Å²) in [6.07, 6.45) is 6.58. The largest absolute Gasteiger partial charge is 0.303 e. The molecule has 0 aromatic carbocycles. The van der Waals surface area contributed by atoms with Gasteiger partial charge in [-0.15, -0.1) is 0 Å². The SMILES string of the molecule is CCC(C)CC(C)(CC(C)CC)C(C=O)CC=O. The van der Waals surface area contributed by atoms with Gasteiger partial charge in [0, 0.05) is 12.3 Å². The molecule has 0 aromatic rings. The molecule has 0 rings (SSSR count). The van der Waals surface area contributed by atoms with E-state index in [9.17, 15) is 9.59 Å². The van der Waals surface area contributed by atoms with Crippen molar-refractivity contribution in [2.24, 2.45) is 23.2 Å². The summed E-state index contributed by atoms with van der Waals surface area (Å²) < 4.78 is 0. The molecule has 2 heteroatoms. The molecule has 3 atom stereocenters. The minimum Gasteiger partial charge on any atom is -0.303 e. The monoisotopic (exact) mass is 254 g/mol. The Hall–Kier alpha value is -0.660. The Labute approximate surface area is 113 Å². The van der Waals surface area contributed by atoms with Crippen molar-refractivity contribution < 1.29 is 9.59 Å². The lowest BCUT2D eigenvalue weighted by molar-refractivity contribution is -0.120. The number of hydrogen-bond donors (Lipinski definition) is 0. The van der Waals surface area contributed by atoms with Gasteiger partial charge < -0.3 is 9.59 Å². The third-order valence-corrected chi connectivity index (χ3v) is 4.43. The first-order valence-electron chi connectivity index (χ1n) is 7.32. The van der Waals surface area contributed by atoms with Crippen LogP contribution in [0.5, 0.6) is 0 Å². The molecule has 2 nitrogen and oxygen atoms in total. The van der Waals surface area contributed by atoms with Gasteiger partial charge >= 0.3 is 0 Å². The number of aldehydes is 2. The second-order valence-corrected chi connectivity index (χ2v) is 6.23. The van der Waals surface area contributed by atoms with Crippen molar-refractivity contribution >= 4 is 12.6 Å². The van der Waals surface area contributed by atoms with E-state index >= 15 is 0 Å². The standard InChI is InChI=1S/C16H30O2/c1-6-13(3)10-16(5,11-14(4)7-2)15(12-18)8-9-17/h9,12-15H,6-8,10-11H2,1-5H3. The van der Waals surface area contributed by atoms with E-state index in [2.05, 4.69) is 34.6 Å². The van der Waals surface area contributed by atoms with Crippen LogP contribution >= 0.6 is 0 Å². The molecule has 0 heterocycles. The number of carbonyl (C=O) groups excluding carboxylic acids is 2. The third-order valence-electron chi connectivity index (χ3n) is 4.43. The Morgan fingerprint density at radius 2 is 1.44 bits per heavy atom. The highest BCUT2D eigenvalue weighted by atomic mass is 16.1. The van der Waals surface area contributed by atoms with Crippen LogP contribution < -0.4 is 0 Å². The molecule has 3 unspecified atom stereocenters. The van der Waals surface area contributed by atoms with Crippen molar-refractivity contribution in [3.8, 4) is 0 Å². The van der Waals surface area contributed by atoms with Gasteiger partial charge in [0.1, 0.15) is 12.6 Å². The zero-order chi connectivity index (χ0) is 14.2. The molecular formula is C16H30O2. The highest BCUT2D eigenvalue weighted by molar-refractivity contribution is 5.63. The molecule has 0 aliphatic rings. The quantitative estimate of drug-likeness (QED) is 0.546. The van der Waals surface area contributed by atoms with Crippen molar-refractivity contribution in [2.75, 3.05) is 0 Å². The zero-order valence-electron chi connectivity index (χ0n) is 12.7. The van der Waals surface area contributed by atoms with Gasteiger partial charge in [0.2, 0.25) is 0 Å². The average Bonchev–Trinajstić information content (AvgIpc) is 2.35. The molecule has 0 N–H and O–H groups in total. The summed E-state index contributed by atoms with van der Waals surface area (Å²) in [5.41, 5.74) is -0.0342. The van der Waals surface area contributed by atoms with Crippen LogP contribution in [0.3, 0.4) is 0 Å². The van der Waals surface area contributed by atoms with Crippen LogP contribution in [0.2, 0.25) is 0 Å². The van der Waals surface area contributed by atoms with Gasteiger partial charge in [-0.3, -0.25) is 0 Å². The summed E-state index contributed by atoms with van der Waals surface area (Å²) in [5, 5.41) is 0. The molecule has 0 radical (unpaired) electrons. The Bertz CT molecular complexity index is 235. The molecule has 106 valence electrons. The molecule has 0 spiro atoms. The predicted molar refractivity (Wildman–Crippen MR) is 76.5 cm³/mol.